The molecule has 2 rings (SSSR count). The summed E-state index contributed by atoms with van der Waals surface area (Å²) in [5.74, 6) is 0. The molecule has 0 fully saturated rings. The number of nitrogen functional groups attached to an aromatic ring is 1. The highest BCUT2D eigenvalue weighted by Crippen LogP contribution is 2.27. The minimum atomic E-state index is -2.34. The molecule has 0 aliphatic rings. The largest absolute Gasteiger partial charge is 0.399 e. The van der Waals surface area contributed by atoms with Gasteiger partial charge in [0.2, 0.25) is 0 Å². The van der Waals surface area contributed by atoms with Crippen molar-refractivity contribution in [1.82, 2.24) is 0 Å². The van der Waals surface area contributed by atoms with Gasteiger partial charge in [0, 0.05) is 23.5 Å². The normalized spacial score (nSPS) is 11.8. The van der Waals surface area contributed by atoms with Crippen molar-refractivity contribution >= 4 is 33.8 Å². The summed E-state index contributed by atoms with van der Waals surface area (Å²) in [5, 5.41) is 13.6. The van der Waals surface area contributed by atoms with E-state index in [9.17, 15) is 18.9 Å². The quantitative estimate of drug-likeness (QED) is 0.345. The average Bonchev–Trinajstić information content (AvgIpc) is 2.41. The zero-order valence-corrected chi connectivity index (χ0v) is 11.0. The van der Waals surface area contributed by atoms with Gasteiger partial charge in [0.15, 0.2) is 11.1 Å². The van der Waals surface area contributed by atoms with Gasteiger partial charge in [0.05, 0.1) is 15.5 Å². The van der Waals surface area contributed by atoms with Gasteiger partial charge in [-0.15, -0.1) is 0 Å². The Balaban J connectivity index is 2.38. The molecule has 0 aliphatic heterocycles. The lowest BCUT2D eigenvalue weighted by atomic mass is 10.2. The monoisotopic (exact) mass is 293 g/mol. The van der Waals surface area contributed by atoms with Crippen LogP contribution in [-0.4, -0.2) is 13.7 Å². The first-order valence-electron chi connectivity index (χ1n) is 5.49. The molecular formula is C12H11N3O4S. The zero-order valence-electron chi connectivity index (χ0n) is 10.1. The molecule has 0 bridgehead atoms. The third kappa shape index (κ3) is 3.11. The van der Waals surface area contributed by atoms with Crippen LogP contribution in [0.25, 0.3) is 0 Å². The predicted molar refractivity (Wildman–Crippen MR) is 76.3 cm³/mol. The number of hydrogen-bond acceptors (Lipinski definition) is 5. The average molecular weight is 293 g/mol. The molecule has 1 unspecified atom stereocenters. The Morgan fingerprint density at radius 1 is 1.20 bits per heavy atom. The van der Waals surface area contributed by atoms with E-state index in [1.807, 2.05) is 0 Å². The number of nitrogens with two attached hydrogens (primary N) is 1. The van der Waals surface area contributed by atoms with Crippen molar-refractivity contribution in [1.29, 1.82) is 0 Å². The van der Waals surface area contributed by atoms with Gasteiger partial charge < -0.3 is 15.6 Å². The highest BCUT2D eigenvalue weighted by molar-refractivity contribution is 7.79. The molecule has 20 heavy (non-hydrogen) atoms. The SMILES string of the molecule is Nc1ccc(Nc2ccc([N+](=O)[O-])cc2S(=O)O)cc1. The van der Waals surface area contributed by atoms with Crippen LogP contribution in [0.1, 0.15) is 0 Å². The van der Waals surface area contributed by atoms with Gasteiger partial charge in [-0.05, 0) is 30.3 Å². The first-order chi connectivity index (χ1) is 9.47. The van der Waals surface area contributed by atoms with Crippen LogP contribution in [0.3, 0.4) is 0 Å². The van der Waals surface area contributed by atoms with E-state index in [4.69, 9.17) is 5.73 Å². The molecule has 0 amide bonds. The fourth-order valence-corrected chi connectivity index (χ4v) is 2.12. The van der Waals surface area contributed by atoms with Gasteiger partial charge in [-0.2, -0.15) is 0 Å². The Morgan fingerprint density at radius 2 is 1.85 bits per heavy atom. The number of nitrogens with zero attached hydrogens (tertiary/aromatic N) is 1. The van der Waals surface area contributed by atoms with Gasteiger partial charge in [-0.1, -0.05) is 0 Å². The van der Waals surface area contributed by atoms with E-state index < -0.39 is 16.0 Å². The molecule has 0 saturated carbocycles. The molecule has 4 N–H and O–H groups in total. The van der Waals surface area contributed by atoms with Crippen LogP contribution in [0, 0.1) is 10.1 Å². The van der Waals surface area contributed by atoms with Gasteiger partial charge in [-0.3, -0.25) is 10.1 Å². The molecule has 0 heterocycles. The van der Waals surface area contributed by atoms with Crippen molar-refractivity contribution in [3.05, 3.63) is 52.6 Å². The van der Waals surface area contributed by atoms with Crippen molar-refractivity contribution < 1.29 is 13.7 Å². The highest BCUT2D eigenvalue weighted by Gasteiger charge is 2.14. The number of non-ortho nitro benzene ring substituents is 1. The van der Waals surface area contributed by atoms with Crippen molar-refractivity contribution in [2.45, 2.75) is 4.90 Å². The topological polar surface area (TPSA) is 118 Å². The number of rotatable bonds is 4. The molecule has 0 aromatic heterocycles. The molecule has 8 heteroatoms. The second-order valence-electron chi connectivity index (χ2n) is 3.93. The van der Waals surface area contributed by atoms with Crippen molar-refractivity contribution in [2.24, 2.45) is 0 Å². The molecule has 2 aromatic rings. The lowest BCUT2D eigenvalue weighted by Crippen LogP contribution is -2.00. The van der Waals surface area contributed by atoms with Gasteiger partial charge in [-0.25, -0.2) is 4.21 Å². The Bertz CT molecular complexity index is 673. The standard InChI is InChI=1S/C12H11N3O4S/c13-8-1-3-9(4-2-8)14-11-6-5-10(15(16)17)7-12(11)20(18)19/h1-7,14H,13H2,(H,18,19). The summed E-state index contributed by atoms with van der Waals surface area (Å²) in [6.07, 6.45) is 0. The minimum Gasteiger partial charge on any atom is -0.399 e. The number of benzene rings is 2. The summed E-state index contributed by atoms with van der Waals surface area (Å²) >= 11 is -2.34. The smallest absolute Gasteiger partial charge is 0.270 e. The molecule has 0 spiro atoms. The number of hydrogen-bond donors (Lipinski definition) is 3. The maximum Gasteiger partial charge on any atom is 0.270 e. The lowest BCUT2D eigenvalue weighted by molar-refractivity contribution is -0.385. The summed E-state index contributed by atoms with van der Waals surface area (Å²) in [5.41, 5.74) is 6.88. The van der Waals surface area contributed by atoms with Gasteiger partial charge in [0.25, 0.3) is 5.69 Å². The maximum atomic E-state index is 11.3. The van der Waals surface area contributed by atoms with E-state index in [-0.39, 0.29) is 10.6 Å². The number of nitro benzene ring substituents is 1. The first-order valence-corrected chi connectivity index (χ1v) is 6.60. The Morgan fingerprint density at radius 3 is 2.40 bits per heavy atom. The molecule has 7 nitrogen and oxygen atoms in total. The van der Waals surface area contributed by atoms with Crippen LogP contribution in [0.2, 0.25) is 0 Å². The van der Waals surface area contributed by atoms with Gasteiger partial charge >= 0.3 is 0 Å². The molecule has 0 saturated heterocycles. The van der Waals surface area contributed by atoms with Gasteiger partial charge in [0.1, 0.15) is 0 Å². The van der Waals surface area contributed by atoms with E-state index in [0.29, 0.717) is 17.1 Å². The summed E-state index contributed by atoms with van der Waals surface area (Å²) < 4.78 is 20.5. The van der Waals surface area contributed by atoms with Crippen LogP contribution in [-0.2, 0) is 11.1 Å². The van der Waals surface area contributed by atoms with E-state index in [1.165, 1.54) is 12.1 Å². The molecule has 0 aliphatic carbocycles. The lowest BCUT2D eigenvalue weighted by Gasteiger charge is -2.10. The number of nitro groups is 1. The molecule has 0 radical (unpaired) electrons. The van der Waals surface area contributed by atoms with E-state index in [1.54, 1.807) is 24.3 Å². The Kier molecular flexibility index (Phi) is 3.97. The maximum absolute atomic E-state index is 11.3. The summed E-state index contributed by atoms with van der Waals surface area (Å²) in [4.78, 5) is 9.99. The summed E-state index contributed by atoms with van der Waals surface area (Å²) in [6.45, 7) is 0. The van der Waals surface area contributed by atoms with E-state index in [2.05, 4.69) is 5.32 Å². The zero-order chi connectivity index (χ0) is 14.7. The van der Waals surface area contributed by atoms with Crippen molar-refractivity contribution in [3.63, 3.8) is 0 Å². The van der Waals surface area contributed by atoms with Crippen LogP contribution >= 0.6 is 0 Å². The number of anilines is 3. The van der Waals surface area contributed by atoms with Crippen LogP contribution in [0.5, 0.6) is 0 Å². The van der Waals surface area contributed by atoms with E-state index in [0.717, 1.165) is 6.07 Å². The number of nitrogens with one attached hydrogen (secondary N) is 1. The second kappa shape index (κ2) is 5.68. The highest BCUT2D eigenvalue weighted by atomic mass is 32.2. The fourth-order valence-electron chi connectivity index (χ4n) is 1.59. The third-order valence-electron chi connectivity index (χ3n) is 2.55. The summed E-state index contributed by atoms with van der Waals surface area (Å²) in [6, 6.07) is 10.4. The van der Waals surface area contributed by atoms with Crippen molar-refractivity contribution in [3.8, 4) is 0 Å². The molecule has 2 aromatic carbocycles. The molecule has 104 valence electrons. The van der Waals surface area contributed by atoms with E-state index >= 15 is 0 Å². The van der Waals surface area contributed by atoms with Crippen molar-refractivity contribution in [2.75, 3.05) is 11.1 Å². The second-order valence-corrected chi connectivity index (χ2v) is 4.87. The fraction of sp³-hybridized carbons (Fsp3) is 0. The minimum absolute atomic E-state index is 0.0592. The molecular weight excluding hydrogens is 282 g/mol. The Hall–Kier alpha value is -2.45. The molecule has 1 atom stereocenters. The predicted octanol–water partition coefficient (Wildman–Crippen LogP) is 2.50. The summed E-state index contributed by atoms with van der Waals surface area (Å²) in [7, 11) is 0. The van der Waals surface area contributed by atoms with Crippen LogP contribution < -0.4 is 11.1 Å². The third-order valence-corrected chi connectivity index (χ3v) is 3.27. The van der Waals surface area contributed by atoms with Crippen LogP contribution in [0.15, 0.2) is 47.4 Å². The Labute approximate surface area is 116 Å². The first kappa shape index (κ1) is 14.0. The van der Waals surface area contributed by atoms with Crippen LogP contribution in [0.4, 0.5) is 22.7 Å².